The number of amides is 1. The van der Waals surface area contributed by atoms with E-state index in [9.17, 15) is 32.6 Å². The van der Waals surface area contributed by atoms with Gasteiger partial charge in [0.2, 0.25) is 0 Å². The molecular formula is C18H17F4NO4. The summed E-state index contributed by atoms with van der Waals surface area (Å²) < 4.78 is 56.3. The summed E-state index contributed by atoms with van der Waals surface area (Å²) in [5, 5.41) is 22.0. The third-order valence-corrected chi connectivity index (χ3v) is 3.68. The Balaban J connectivity index is 1.88. The molecule has 0 bridgehead atoms. The van der Waals surface area contributed by atoms with Gasteiger partial charge < -0.3 is 20.3 Å². The molecule has 0 fully saturated rings. The van der Waals surface area contributed by atoms with Gasteiger partial charge in [0.15, 0.2) is 0 Å². The molecule has 0 spiro atoms. The summed E-state index contributed by atoms with van der Waals surface area (Å²) in [6, 6.07) is 10.3. The van der Waals surface area contributed by atoms with Gasteiger partial charge in [-0.25, -0.2) is 9.18 Å². The number of alkyl carbamates (subject to hydrolysis) is 1. The van der Waals surface area contributed by atoms with E-state index in [1.54, 1.807) is 30.3 Å². The molecule has 0 radical (unpaired) electrons. The number of carbonyl (C=O) groups excluding carboxylic acids is 1. The molecule has 0 saturated heterocycles. The van der Waals surface area contributed by atoms with Gasteiger partial charge in [0.25, 0.3) is 0 Å². The van der Waals surface area contributed by atoms with Crippen LogP contribution >= 0.6 is 0 Å². The summed E-state index contributed by atoms with van der Waals surface area (Å²) in [7, 11) is 0. The number of hydrogen-bond acceptors (Lipinski definition) is 4. The normalized spacial score (nSPS) is 13.7. The summed E-state index contributed by atoms with van der Waals surface area (Å²) in [4.78, 5) is 11.6. The molecule has 0 aromatic heterocycles. The van der Waals surface area contributed by atoms with Gasteiger partial charge in [-0.1, -0.05) is 36.4 Å². The monoisotopic (exact) mass is 387 g/mol. The Morgan fingerprint density at radius 3 is 2.37 bits per heavy atom. The van der Waals surface area contributed by atoms with Crippen LogP contribution in [0.4, 0.5) is 22.4 Å². The molecule has 27 heavy (non-hydrogen) atoms. The summed E-state index contributed by atoms with van der Waals surface area (Å²) in [6.45, 7) is -0.506. The number of aliphatic hydroxyl groups excluding tert-OH is 2. The lowest BCUT2D eigenvalue weighted by Gasteiger charge is -2.20. The number of carbonyl (C=O) groups is 1. The van der Waals surface area contributed by atoms with Crippen LogP contribution in [0.25, 0.3) is 0 Å². The molecule has 2 aromatic rings. The SMILES string of the molecule is O=C(NCC(O)C(O)c1ccc(C(F)(F)F)cc1F)OCc1ccccc1. The minimum atomic E-state index is -4.73. The van der Waals surface area contributed by atoms with Crippen molar-refractivity contribution in [3.63, 3.8) is 0 Å². The van der Waals surface area contributed by atoms with E-state index in [2.05, 4.69) is 5.32 Å². The topological polar surface area (TPSA) is 78.8 Å². The Labute approximate surface area is 152 Å². The molecule has 0 aliphatic carbocycles. The average Bonchev–Trinajstić information content (AvgIpc) is 2.63. The third-order valence-electron chi connectivity index (χ3n) is 3.68. The molecule has 2 atom stereocenters. The first-order valence-corrected chi connectivity index (χ1v) is 7.86. The van der Waals surface area contributed by atoms with Crippen molar-refractivity contribution in [1.29, 1.82) is 0 Å². The number of alkyl halides is 3. The number of rotatable bonds is 6. The molecule has 2 aromatic carbocycles. The van der Waals surface area contributed by atoms with E-state index in [0.29, 0.717) is 6.07 Å². The molecule has 0 aliphatic heterocycles. The first-order valence-electron chi connectivity index (χ1n) is 7.86. The van der Waals surface area contributed by atoms with Crippen LogP contribution in [-0.2, 0) is 17.5 Å². The zero-order chi connectivity index (χ0) is 20.0. The standard InChI is InChI=1S/C18H17F4NO4/c19-14-8-12(18(20,21)22)6-7-13(14)16(25)15(24)9-23-17(26)27-10-11-4-2-1-3-5-11/h1-8,15-16,24-25H,9-10H2,(H,23,26). The predicted octanol–water partition coefficient (Wildman–Crippen LogP) is 3.17. The molecule has 2 unspecified atom stereocenters. The molecule has 9 heteroatoms. The highest BCUT2D eigenvalue weighted by molar-refractivity contribution is 5.67. The van der Waals surface area contributed by atoms with Crippen molar-refractivity contribution < 1.29 is 37.3 Å². The van der Waals surface area contributed by atoms with Crippen LogP contribution < -0.4 is 5.32 Å². The highest BCUT2D eigenvalue weighted by Gasteiger charge is 2.32. The molecule has 1 amide bonds. The minimum Gasteiger partial charge on any atom is -0.445 e. The second-order valence-electron chi connectivity index (χ2n) is 5.69. The van der Waals surface area contributed by atoms with Gasteiger partial charge in [0, 0.05) is 12.1 Å². The lowest BCUT2D eigenvalue weighted by atomic mass is 10.0. The quantitative estimate of drug-likeness (QED) is 0.666. The van der Waals surface area contributed by atoms with E-state index in [1.165, 1.54) is 0 Å². The van der Waals surface area contributed by atoms with Crippen LogP contribution in [0.15, 0.2) is 48.5 Å². The van der Waals surface area contributed by atoms with Crippen molar-refractivity contribution in [2.24, 2.45) is 0 Å². The van der Waals surface area contributed by atoms with Crippen LogP contribution in [0, 0.1) is 5.82 Å². The lowest BCUT2D eigenvalue weighted by Crippen LogP contribution is -2.36. The number of aliphatic hydroxyl groups is 2. The number of ether oxygens (including phenoxy) is 1. The number of nitrogens with one attached hydrogen (secondary N) is 1. The minimum absolute atomic E-state index is 0.0150. The summed E-state index contributed by atoms with van der Waals surface area (Å²) in [5.41, 5.74) is -0.997. The van der Waals surface area contributed by atoms with Crippen molar-refractivity contribution in [2.45, 2.75) is 25.0 Å². The van der Waals surface area contributed by atoms with Crippen molar-refractivity contribution in [2.75, 3.05) is 6.54 Å². The van der Waals surface area contributed by atoms with Crippen molar-refractivity contribution >= 4 is 6.09 Å². The first-order chi connectivity index (χ1) is 12.7. The largest absolute Gasteiger partial charge is 0.445 e. The number of benzene rings is 2. The van der Waals surface area contributed by atoms with Gasteiger partial charge in [-0.15, -0.1) is 0 Å². The lowest BCUT2D eigenvalue weighted by molar-refractivity contribution is -0.137. The molecule has 0 aliphatic rings. The maximum absolute atomic E-state index is 13.8. The fourth-order valence-corrected chi connectivity index (χ4v) is 2.22. The van der Waals surface area contributed by atoms with Crippen molar-refractivity contribution in [3.8, 4) is 0 Å². The Morgan fingerprint density at radius 2 is 1.78 bits per heavy atom. The van der Waals surface area contributed by atoms with Gasteiger partial charge in [-0.05, 0) is 17.7 Å². The van der Waals surface area contributed by atoms with E-state index in [1.807, 2.05) is 0 Å². The molecule has 5 nitrogen and oxygen atoms in total. The second kappa shape index (κ2) is 8.83. The molecule has 2 rings (SSSR count). The number of halogens is 4. The fourth-order valence-electron chi connectivity index (χ4n) is 2.22. The van der Waals surface area contributed by atoms with Crippen LogP contribution in [-0.4, -0.2) is 29.0 Å². The van der Waals surface area contributed by atoms with Crippen LogP contribution in [0.3, 0.4) is 0 Å². The summed E-state index contributed by atoms with van der Waals surface area (Å²) in [6.07, 6.45) is -9.09. The van der Waals surface area contributed by atoms with Gasteiger partial charge in [-0.3, -0.25) is 0 Å². The smallest absolute Gasteiger partial charge is 0.416 e. The molecule has 0 heterocycles. The average molecular weight is 387 g/mol. The van der Waals surface area contributed by atoms with Gasteiger partial charge in [0.1, 0.15) is 24.6 Å². The van der Waals surface area contributed by atoms with E-state index in [-0.39, 0.29) is 12.7 Å². The zero-order valence-corrected chi connectivity index (χ0v) is 13.9. The molecule has 0 saturated carbocycles. The first kappa shape index (κ1) is 20.7. The maximum Gasteiger partial charge on any atom is 0.416 e. The summed E-state index contributed by atoms with van der Waals surface area (Å²) in [5.74, 6) is -1.32. The van der Waals surface area contributed by atoms with E-state index >= 15 is 0 Å². The zero-order valence-electron chi connectivity index (χ0n) is 13.9. The predicted molar refractivity (Wildman–Crippen MR) is 87.0 cm³/mol. The molecule has 3 N–H and O–H groups in total. The van der Waals surface area contributed by atoms with Gasteiger partial charge >= 0.3 is 12.3 Å². The molecule has 146 valence electrons. The third kappa shape index (κ3) is 5.93. The van der Waals surface area contributed by atoms with Gasteiger partial charge in [0.05, 0.1) is 5.56 Å². The maximum atomic E-state index is 13.8. The van der Waals surface area contributed by atoms with Crippen LogP contribution in [0.2, 0.25) is 0 Å². The highest BCUT2D eigenvalue weighted by atomic mass is 19.4. The van der Waals surface area contributed by atoms with E-state index in [0.717, 1.165) is 11.6 Å². The Bertz CT molecular complexity index is 768. The van der Waals surface area contributed by atoms with Crippen LogP contribution in [0.1, 0.15) is 22.8 Å². The molecular weight excluding hydrogens is 370 g/mol. The Morgan fingerprint density at radius 1 is 1.11 bits per heavy atom. The number of hydrogen-bond donors (Lipinski definition) is 3. The van der Waals surface area contributed by atoms with E-state index in [4.69, 9.17) is 4.74 Å². The van der Waals surface area contributed by atoms with Crippen molar-refractivity contribution in [1.82, 2.24) is 5.32 Å². The van der Waals surface area contributed by atoms with Crippen LogP contribution in [0.5, 0.6) is 0 Å². The van der Waals surface area contributed by atoms with E-state index < -0.39 is 48.0 Å². The highest BCUT2D eigenvalue weighted by Crippen LogP contribution is 2.31. The fraction of sp³-hybridized carbons (Fsp3) is 0.278. The Kier molecular flexibility index (Phi) is 6.75. The Hall–Kier alpha value is -2.65. The summed E-state index contributed by atoms with van der Waals surface area (Å²) >= 11 is 0. The second-order valence-corrected chi connectivity index (χ2v) is 5.69. The van der Waals surface area contributed by atoms with Gasteiger partial charge in [-0.2, -0.15) is 13.2 Å². The van der Waals surface area contributed by atoms with Crippen molar-refractivity contribution in [3.05, 3.63) is 71.0 Å².